The molecular formula is C65H82N6O10. The molecule has 16 nitrogen and oxygen atoms in total. The minimum absolute atomic E-state index is 0.0659. The van der Waals surface area contributed by atoms with E-state index in [0.717, 1.165) is 46.3 Å². The number of β-amino-alcohol motifs (C(OH)–C–C–N with tert-alkyl or cyclic N) is 1. The summed E-state index contributed by atoms with van der Waals surface area (Å²) in [6.07, 6.45) is 7.50. The number of Topliss-reactive ketones (excluding diaryl/α,β-unsaturated/α-hetero) is 1. The number of phenolic OH excluding ortho intramolecular Hbond substituents is 1. The van der Waals surface area contributed by atoms with Gasteiger partial charge in [0.15, 0.2) is 17.5 Å². The number of guanidine groups is 1. The number of ether oxygens (including phenoxy) is 1. The molecule has 432 valence electrons. The van der Waals surface area contributed by atoms with Gasteiger partial charge in [-0.1, -0.05) is 115 Å². The number of hydrogen-bond acceptors (Lipinski definition) is 13. The number of hydrogen-bond donors (Lipinski definition) is 12. The number of amides is 1. The van der Waals surface area contributed by atoms with Gasteiger partial charge in [-0.2, -0.15) is 0 Å². The number of rotatable bonds is 5. The van der Waals surface area contributed by atoms with Gasteiger partial charge in [-0.25, -0.2) is 0 Å². The second kappa shape index (κ2) is 25.1. The van der Waals surface area contributed by atoms with Gasteiger partial charge in [0.05, 0.1) is 30.5 Å². The Morgan fingerprint density at radius 1 is 0.951 bits per heavy atom. The molecule has 81 heavy (non-hydrogen) atoms. The number of carbonyl (C=O) groups is 2. The SMILES string of the molecule is C=C1C=CC=C(C2CC3CCCC4(O)CCC5=C(C)C(=O)Cc6cccc7c6C(NCC(O)C(C(CN=C(N)N)c6ccc(O)cc6)Cc6cccc(c6)CC(O)CCC5C34C2O)C(=O)NC7N)COCC#CCC(C)=CCC1(O)O. The van der Waals surface area contributed by atoms with Crippen molar-refractivity contribution in [3.05, 3.63) is 159 Å². The van der Waals surface area contributed by atoms with Crippen molar-refractivity contribution < 1.29 is 50.1 Å². The number of aliphatic hydroxyl groups is 6. The molecule has 3 aromatic carbocycles. The first-order valence-corrected chi connectivity index (χ1v) is 28.7. The van der Waals surface area contributed by atoms with E-state index < -0.39 is 76.9 Å². The molecule has 3 heterocycles. The number of allylic oxidation sites excluding steroid dienone is 5. The van der Waals surface area contributed by atoms with Crippen molar-refractivity contribution in [1.82, 2.24) is 10.6 Å². The molecule has 1 amide bonds. The van der Waals surface area contributed by atoms with Gasteiger partial charge in [0.25, 0.3) is 0 Å². The first kappa shape index (κ1) is 59.4. The third-order valence-electron chi connectivity index (χ3n) is 18.8. The number of carbonyl (C=O) groups excluding carboxylic acids is 2. The van der Waals surface area contributed by atoms with Crippen molar-refractivity contribution in [1.29, 1.82) is 0 Å². The van der Waals surface area contributed by atoms with Gasteiger partial charge in [0.1, 0.15) is 24.6 Å². The normalized spacial score (nSPS) is 31.8. The van der Waals surface area contributed by atoms with Crippen LogP contribution in [0, 0.1) is 40.9 Å². The lowest BCUT2D eigenvalue weighted by atomic mass is 9.45. The van der Waals surface area contributed by atoms with Crippen molar-refractivity contribution in [2.24, 2.45) is 51.3 Å². The maximum atomic E-state index is 15.3. The zero-order chi connectivity index (χ0) is 57.8. The zero-order valence-electron chi connectivity index (χ0n) is 46.7. The minimum atomic E-state index is -2.20. The van der Waals surface area contributed by atoms with Gasteiger partial charge >= 0.3 is 0 Å². The fourth-order valence-corrected chi connectivity index (χ4v) is 14.7. The monoisotopic (exact) mass is 1110 g/mol. The van der Waals surface area contributed by atoms with Crippen LogP contribution in [0.1, 0.15) is 130 Å². The third kappa shape index (κ3) is 12.6. The summed E-state index contributed by atoms with van der Waals surface area (Å²) in [6.45, 7) is 7.95. The average molecular weight is 1110 g/mol. The van der Waals surface area contributed by atoms with Crippen molar-refractivity contribution in [3.63, 3.8) is 0 Å². The second-order valence-corrected chi connectivity index (χ2v) is 23.8. The van der Waals surface area contributed by atoms with Crippen LogP contribution in [0.3, 0.4) is 0 Å². The summed E-state index contributed by atoms with van der Waals surface area (Å²) >= 11 is 0. The summed E-state index contributed by atoms with van der Waals surface area (Å²) in [7, 11) is 0. The largest absolute Gasteiger partial charge is 0.508 e. The van der Waals surface area contributed by atoms with E-state index in [2.05, 4.69) is 34.0 Å². The Bertz CT molecular complexity index is 3060. The first-order valence-electron chi connectivity index (χ1n) is 28.7. The van der Waals surface area contributed by atoms with E-state index in [1.807, 2.05) is 62.4 Å². The van der Waals surface area contributed by atoms with Crippen LogP contribution in [0.25, 0.3) is 0 Å². The number of nitrogens with zero attached hydrogens (tertiary/aromatic N) is 1. The highest BCUT2D eigenvalue weighted by Crippen LogP contribution is 2.69. The molecule has 15 N–H and O–H groups in total. The Morgan fingerprint density at radius 2 is 1.70 bits per heavy atom. The molecule has 9 rings (SSSR count). The van der Waals surface area contributed by atoms with E-state index in [-0.39, 0.29) is 81.0 Å². The molecule has 12 atom stereocenters. The van der Waals surface area contributed by atoms with Crippen LogP contribution < -0.4 is 27.8 Å². The minimum Gasteiger partial charge on any atom is -0.508 e. The van der Waals surface area contributed by atoms with E-state index in [4.69, 9.17) is 21.9 Å². The van der Waals surface area contributed by atoms with Crippen LogP contribution in [0.15, 0.2) is 130 Å². The molecular weight excluding hydrogens is 1020 g/mol. The van der Waals surface area contributed by atoms with Crippen LogP contribution in [0.5, 0.6) is 5.75 Å². The molecule has 12 unspecified atom stereocenters. The van der Waals surface area contributed by atoms with Crippen LogP contribution in [-0.2, 0) is 33.6 Å². The Balaban J connectivity index is 1.14. The van der Waals surface area contributed by atoms with Crippen molar-refractivity contribution in [3.8, 4) is 17.6 Å². The van der Waals surface area contributed by atoms with Crippen LogP contribution in [-0.4, -0.2) is 109 Å². The lowest BCUT2D eigenvalue weighted by Gasteiger charge is -2.61. The van der Waals surface area contributed by atoms with Gasteiger partial charge in [-0.15, -0.1) is 0 Å². The Morgan fingerprint density at radius 3 is 2.47 bits per heavy atom. The van der Waals surface area contributed by atoms with Crippen molar-refractivity contribution in [2.45, 2.75) is 145 Å². The van der Waals surface area contributed by atoms with Crippen molar-refractivity contribution >= 4 is 17.6 Å². The molecule has 6 aliphatic rings. The first-order chi connectivity index (χ1) is 38.7. The second-order valence-electron chi connectivity index (χ2n) is 23.8. The lowest BCUT2D eigenvalue weighted by Crippen LogP contribution is -2.65. The number of aliphatic imine (C=N–C) groups is 1. The molecule has 1 spiro atoms. The summed E-state index contributed by atoms with van der Waals surface area (Å²) in [6, 6.07) is 19.0. The van der Waals surface area contributed by atoms with Crippen LogP contribution in [0.4, 0.5) is 0 Å². The maximum absolute atomic E-state index is 15.3. The highest BCUT2D eigenvalue weighted by molar-refractivity contribution is 5.98. The number of ketones is 1. The zero-order valence-corrected chi connectivity index (χ0v) is 46.7. The molecule has 16 heteroatoms. The number of nitrogens with one attached hydrogen (secondary N) is 2. The molecule has 3 aromatic rings. The van der Waals surface area contributed by atoms with Gasteiger partial charge in [0.2, 0.25) is 5.91 Å². The molecule has 0 radical (unpaired) electrons. The number of fused-ring (bicyclic) bond motifs is 3. The van der Waals surface area contributed by atoms with Gasteiger partial charge in [0, 0.05) is 55.2 Å². The summed E-state index contributed by atoms with van der Waals surface area (Å²) in [5.41, 5.74) is 23.3. The number of aliphatic hydroxyl groups excluding tert-OH is 3. The quantitative estimate of drug-likeness (QED) is 0.0508. The van der Waals surface area contributed by atoms with E-state index in [0.29, 0.717) is 67.2 Å². The average Bonchev–Trinajstić information content (AvgIpc) is 2.44. The van der Waals surface area contributed by atoms with Crippen LogP contribution in [0.2, 0.25) is 0 Å². The molecule has 3 saturated carbocycles. The smallest absolute Gasteiger partial charge is 0.243 e. The highest BCUT2D eigenvalue weighted by atomic mass is 16.5. The topological polar surface area (TPSA) is 299 Å². The Hall–Kier alpha value is -6.23. The summed E-state index contributed by atoms with van der Waals surface area (Å²) < 4.78 is 6.22. The van der Waals surface area contributed by atoms with E-state index in [9.17, 15) is 40.5 Å². The summed E-state index contributed by atoms with van der Waals surface area (Å²) in [5, 5.41) is 90.1. The summed E-state index contributed by atoms with van der Waals surface area (Å²) in [5.74, 6) is 1.01. The molecule has 3 aliphatic carbocycles. The molecule has 2 bridgehead atoms. The van der Waals surface area contributed by atoms with Gasteiger partial charge in [-0.3, -0.25) is 19.9 Å². The number of nitrogens with two attached hydrogens (primary N) is 3. The predicted octanol–water partition coefficient (Wildman–Crippen LogP) is 5.30. The fraction of sp³-hybridized carbons (Fsp3) is 0.492. The lowest BCUT2D eigenvalue weighted by molar-refractivity contribution is -0.216. The molecule has 0 saturated heterocycles. The fourth-order valence-electron chi connectivity index (χ4n) is 14.7. The number of phenols is 1. The van der Waals surface area contributed by atoms with E-state index >= 15 is 4.79 Å². The molecule has 3 aliphatic heterocycles. The maximum Gasteiger partial charge on any atom is 0.243 e. The van der Waals surface area contributed by atoms with E-state index in [1.54, 1.807) is 42.5 Å². The highest BCUT2D eigenvalue weighted by Gasteiger charge is 2.70. The van der Waals surface area contributed by atoms with Gasteiger partial charge < -0.3 is 63.0 Å². The van der Waals surface area contributed by atoms with Gasteiger partial charge in [-0.05, 0) is 146 Å². The summed E-state index contributed by atoms with van der Waals surface area (Å²) in [4.78, 5) is 33.9. The standard InChI is InChI=1S/C65H82N6O10/c1-38-10-4-5-29-81-37-45(15-6-11-39(2)64(79,80)28-24-38)51-34-46-16-9-26-63(78)27-25-49-40(3)55(74)33-44-14-8-17-50-57(44)58(61(77)71-60(50)66)69-36-56(75)52(53(35-70-62(67)68)43-18-20-47(72)21-19-43)32-42-13-7-12-41(30-42)31-48(73)22-23-54(49)65(46,63)59(51)76/h6-8,11-15,17-21,24,30,46,48,51-54,56,58-60,69,72-73,75-76,78-80H,2,9-10,16,22-23,25-29,31-37,66H2,1,3H3,(H,71,77)(H4,67,68,70). The van der Waals surface area contributed by atoms with Crippen LogP contribution >= 0.6 is 0 Å². The Labute approximate surface area is 475 Å². The molecule has 0 aromatic heterocycles. The predicted molar refractivity (Wildman–Crippen MR) is 310 cm³/mol. The third-order valence-corrected chi connectivity index (χ3v) is 18.8. The number of benzene rings is 3. The molecule has 3 fully saturated rings. The number of aromatic hydroxyl groups is 1. The van der Waals surface area contributed by atoms with E-state index in [1.165, 1.54) is 0 Å². The Kier molecular flexibility index (Phi) is 18.4. The van der Waals surface area contributed by atoms with Crippen molar-refractivity contribution in [2.75, 3.05) is 26.3 Å².